The van der Waals surface area contributed by atoms with Gasteiger partial charge in [-0.25, -0.2) is 4.79 Å². The van der Waals surface area contributed by atoms with Crippen molar-refractivity contribution in [2.75, 3.05) is 13.7 Å². The normalized spacial score (nSPS) is 22.8. The molecule has 2 rings (SSSR count). The van der Waals surface area contributed by atoms with Crippen molar-refractivity contribution in [2.45, 2.75) is 31.8 Å². The number of carbonyl (C=O) groups excluding carboxylic acids is 1. The molecule has 0 aliphatic carbocycles. The van der Waals surface area contributed by atoms with Gasteiger partial charge in [0.25, 0.3) is 0 Å². The molecule has 0 radical (unpaired) electrons. The second kappa shape index (κ2) is 5.87. The highest BCUT2D eigenvalue weighted by molar-refractivity contribution is 5.89. The first kappa shape index (κ1) is 12.9. The summed E-state index contributed by atoms with van der Waals surface area (Å²) in [5.41, 5.74) is 0.539. The van der Waals surface area contributed by atoms with Crippen molar-refractivity contribution in [2.24, 2.45) is 0 Å². The molecule has 1 aromatic carbocycles. The van der Waals surface area contributed by atoms with Crippen LogP contribution < -0.4 is 10.1 Å². The van der Waals surface area contributed by atoms with E-state index >= 15 is 0 Å². The Balaban J connectivity index is 1.85. The summed E-state index contributed by atoms with van der Waals surface area (Å²) in [5.74, 6) is 0.455. The number of carbonyl (C=O) groups is 1. The zero-order valence-electron chi connectivity index (χ0n) is 10.8. The summed E-state index contributed by atoms with van der Waals surface area (Å²) in [4.78, 5) is 11.3. The Morgan fingerprint density at radius 3 is 2.61 bits per heavy atom. The summed E-state index contributed by atoms with van der Waals surface area (Å²) < 4.78 is 10.3. The molecule has 1 N–H and O–H groups in total. The minimum absolute atomic E-state index is 0.326. The van der Waals surface area contributed by atoms with Crippen LogP contribution in [0.2, 0.25) is 0 Å². The van der Waals surface area contributed by atoms with Crippen LogP contribution >= 0.6 is 0 Å². The van der Waals surface area contributed by atoms with Gasteiger partial charge in [0.2, 0.25) is 0 Å². The zero-order valence-corrected chi connectivity index (χ0v) is 10.8. The number of methoxy groups -OCH3 is 1. The molecule has 1 fully saturated rings. The number of nitrogens with one attached hydrogen (secondary N) is 1. The monoisotopic (exact) mass is 249 g/mol. The maximum Gasteiger partial charge on any atom is 0.337 e. The molecule has 0 aromatic heterocycles. The molecular weight excluding hydrogens is 230 g/mol. The summed E-state index contributed by atoms with van der Waals surface area (Å²) in [6, 6.07) is 8.04. The largest absolute Gasteiger partial charge is 0.492 e. The first-order chi connectivity index (χ1) is 8.69. The highest BCUT2D eigenvalue weighted by Crippen LogP contribution is 2.16. The van der Waals surface area contributed by atoms with Crippen LogP contribution in [0.15, 0.2) is 24.3 Å². The molecule has 18 heavy (non-hydrogen) atoms. The number of ether oxygens (including phenoxy) is 2. The third kappa shape index (κ3) is 3.23. The molecule has 0 amide bonds. The summed E-state index contributed by atoms with van der Waals surface area (Å²) in [5, 5.41) is 3.46. The maximum atomic E-state index is 11.3. The molecular formula is C14H19NO3. The summed E-state index contributed by atoms with van der Waals surface area (Å²) in [6.45, 7) is 2.85. The molecule has 4 heteroatoms. The van der Waals surface area contributed by atoms with Crippen molar-refractivity contribution >= 4 is 5.97 Å². The Labute approximate surface area is 107 Å². The van der Waals surface area contributed by atoms with Crippen molar-refractivity contribution in [3.63, 3.8) is 0 Å². The number of rotatable bonds is 4. The highest BCUT2D eigenvalue weighted by Gasteiger charge is 2.20. The second-order valence-corrected chi connectivity index (χ2v) is 4.67. The minimum atomic E-state index is -0.326. The maximum absolute atomic E-state index is 11.3. The molecule has 1 aromatic rings. The lowest BCUT2D eigenvalue weighted by atomic mass is 10.2. The van der Waals surface area contributed by atoms with Crippen molar-refractivity contribution < 1.29 is 14.3 Å². The lowest BCUT2D eigenvalue weighted by molar-refractivity contribution is 0.0600. The van der Waals surface area contributed by atoms with E-state index in [1.165, 1.54) is 13.5 Å². The fraction of sp³-hybridized carbons (Fsp3) is 0.500. The molecule has 0 spiro atoms. The average molecular weight is 249 g/mol. The van der Waals surface area contributed by atoms with Gasteiger partial charge in [0.1, 0.15) is 12.4 Å². The lowest BCUT2D eigenvalue weighted by Gasteiger charge is -2.13. The molecule has 0 saturated carbocycles. The highest BCUT2D eigenvalue weighted by atomic mass is 16.5. The Bertz CT molecular complexity index is 402. The molecule has 1 aliphatic rings. The van der Waals surface area contributed by atoms with Gasteiger partial charge >= 0.3 is 5.97 Å². The third-order valence-electron chi connectivity index (χ3n) is 3.19. The smallest absolute Gasteiger partial charge is 0.337 e. The van der Waals surface area contributed by atoms with Crippen LogP contribution in [-0.4, -0.2) is 31.8 Å². The second-order valence-electron chi connectivity index (χ2n) is 4.67. The third-order valence-corrected chi connectivity index (χ3v) is 3.19. The molecule has 4 nitrogen and oxygen atoms in total. The van der Waals surface area contributed by atoms with Crippen LogP contribution in [0.5, 0.6) is 5.75 Å². The molecule has 2 unspecified atom stereocenters. The van der Waals surface area contributed by atoms with E-state index in [-0.39, 0.29) is 5.97 Å². The SMILES string of the molecule is COC(=O)c1ccc(OCC2CCC(C)N2)cc1. The van der Waals surface area contributed by atoms with Crippen LogP contribution in [-0.2, 0) is 4.74 Å². The van der Waals surface area contributed by atoms with Crippen LogP contribution in [0.3, 0.4) is 0 Å². The van der Waals surface area contributed by atoms with E-state index in [2.05, 4.69) is 17.0 Å². The number of hydrogen-bond donors (Lipinski definition) is 1. The average Bonchev–Trinajstić information content (AvgIpc) is 2.82. The minimum Gasteiger partial charge on any atom is -0.492 e. The van der Waals surface area contributed by atoms with E-state index in [0.717, 1.165) is 12.2 Å². The van der Waals surface area contributed by atoms with Gasteiger partial charge in [-0.3, -0.25) is 0 Å². The Hall–Kier alpha value is -1.55. The van der Waals surface area contributed by atoms with Gasteiger partial charge < -0.3 is 14.8 Å². The van der Waals surface area contributed by atoms with Gasteiger partial charge in [-0.05, 0) is 44.0 Å². The van der Waals surface area contributed by atoms with E-state index in [4.69, 9.17) is 4.74 Å². The topological polar surface area (TPSA) is 47.6 Å². The summed E-state index contributed by atoms with van der Waals surface area (Å²) in [6.07, 6.45) is 2.36. The van der Waals surface area contributed by atoms with Crippen LogP contribution in [0, 0.1) is 0 Å². The number of benzene rings is 1. The Kier molecular flexibility index (Phi) is 4.20. The summed E-state index contributed by atoms with van der Waals surface area (Å²) in [7, 11) is 1.37. The van der Waals surface area contributed by atoms with Crippen molar-refractivity contribution in [1.29, 1.82) is 0 Å². The molecule has 2 atom stereocenters. The first-order valence-corrected chi connectivity index (χ1v) is 6.26. The van der Waals surface area contributed by atoms with Gasteiger partial charge in [0, 0.05) is 12.1 Å². The quantitative estimate of drug-likeness (QED) is 0.829. The van der Waals surface area contributed by atoms with Crippen LogP contribution in [0.25, 0.3) is 0 Å². The van der Waals surface area contributed by atoms with E-state index in [1.54, 1.807) is 24.3 Å². The molecule has 0 bridgehead atoms. The predicted octanol–water partition coefficient (Wildman–Crippen LogP) is 1.99. The van der Waals surface area contributed by atoms with Gasteiger partial charge in [-0.15, -0.1) is 0 Å². The van der Waals surface area contributed by atoms with Crippen LogP contribution in [0.4, 0.5) is 0 Å². The van der Waals surface area contributed by atoms with Gasteiger partial charge in [-0.2, -0.15) is 0 Å². The van der Waals surface area contributed by atoms with Gasteiger partial charge in [0.15, 0.2) is 0 Å². The fourth-order valence-corrected chi connectivity index (χ4v) is 2.15. The number of hydrogen-bond acceptors (Lipinski definition) is 4. The van der Waals surface area contributed by atoms with E-state index in [9.17, 15) is 4.79 Å². The Morgan fingerprint density at radius 1 is 1.33 bits per heavy atom. The number of esters is 1. The molecule has 98 valence electrons. The predicted molar refractivity (Wildman–Crippen MR) is 68.9 cm³/mol. The molecule has 1 heterocycles. The van der Waals surface area contributed by atoms with E-state index < -0.39 is 0 Å². The van der Waals surface area contributed by atoms with Crippen molar-refractivity contribution in [3.05, 3.63) is 29.8 Å². The van der Waals surface area contributed by atoms with Crippen molar-refractivity contribution in [1.82, 2.24) is 5.32 Å². The molecule has 1 aliphatic heterocycles. The first-order valence-electron chi connectivity index (χ1n) is 6.26. The van der Waals surface area contributed by atoms with Crippen molar-refractivity contribution in [3.8, 4) is 5.75 Å². The zero-order chi connectivity index (χ0) is 13.0. The molecule has 1 saturated heterocycles. The van der Waals surface area contributed by atoms with Gasteiger partial charge in [0.05, 0.1) is 12.7 Å². The van der Waals surface area contributed by atoms with E-state index in [1.807, 2.05) is 0 Å². The van der Waals surface area contributed by atoms with E-state index in [0.29, 0.717) is 24.3 Å². The Morgan fingerprint density at radius 2 is 2.06 bits per heavy atom. The summed E-state index contributed by atoms with van der Waals surface area (Å²) >= 11 is 0. The lowest BCUT2D eigenvalue weighted by Crippen LogP contribution is -2.32. The fourth-order valence-electron chi connectivity index (χ4n) is 2.15. The van der Waals surface area contributed by atoms with Gasteiger partial charge in [-0.1, -0.05) is 0 Å². The standard InChI is InChI=1S/C14H19NO3/c1-10-3-6-12(15-10)9-18-13-7-4-11(5-8-13)14(16)17-2/h4-5,7-8,10,12,15H,3,6,9H2,1-2H3. The van der Waals surface area contributed by atoms with Crippen LogP contribution in [0.1, 0.15) is 30.1 Å².